The number of halogens is 3. The van der Waals surface area contributed by atoms with Crippen molar-refractivity contribution in [1.29, 1.82) is 0 Å². The molecule has 2 heterocycles. The molecule has 1 saturated carbocycles. The van der Waals surface area contributed by atoms with Crippen molar-refractivity contribution in [2.45, 2.75) is 18.4 Å². The molecule has 78 valence electrons. The smallest absolute Gasteiger partial charge is 0.270 e. The Balaban J connectivity index is 2.18. The fourth-order valence-corrected chi connectivity index (χ4v) is 1.88. The van der Waals surface area contributed by atoms with E-state index < -0.39 is 12.0 Å². The van der Waals surface area contributed by atoms with Crippen LogP contribution in [0.2, 0.25) is 5.15 Å². The zero-order valence-electron chi connectivity index (χ0n) is 7.49. The van der Waals surface area contributed by atoms with Gasteiger partial charge >= 0.3 is 0 Å². The minimum atomic E-state index is -2.61. The molecule has 1 aliphatic rings. The zero-order chi connectivity index (χ0) is 10.6. The predicted octanol–water partition coefficient (Wildman–Crippen LogP) is 2.66. The summed E-state index contributed by atoms with van der Waals surface area (Å²) < 4.78 is 27.2. The van der Waals surface area contributed by atoms with Crippen LogP contribution in [0.3, 0.4) is 0 Å². The van der Waals surface area contributed by atoms with E-state index in [1.807, 2.05) is 0 Å². The van der Waals surface area contributed by atoms with Gasteiger partial charge in [-0.25, -0.2) is 18.7 Å². The number of aromatic nitrogens is 3. The Kier molecular flexibility index (Phi) is 1.60. The molecule has 1 unspecified atom stereocenters. The number of hydrogen-bond acceptors (Lipinski definition) is 2. The molecule has 15 heavy (non-hydrogen) atoms. The summed E-state index contributed by atoms with van der Waals surface area (Å²) in [5, 5.41) is 0.907. The number of alkyl halides is 2. The number of fused-ring (bicyclic) bond motifs is 1. The molecular formula is C9H6ClF2N3. The lowest BCUT2D eigenvalue weighted by atomic mass is 10.4. The van der Waals surface area contributed by atoms with Gasteiger partial charge < -0.3 is 4.57 Å². The molecule has 0 spiro atoms. The van der Waals surface area contributed by atoms with Crippen molar-refractivity contribution < 1.29 is 8.78 Å². The van der Waals surface area contributed by atoms with Crippen LogP contribution >= 0.6 is 11.6 Å². The Labute approximate surface area is 88.7 Å². The highest BCUT2D eigenvalue weighted by Crippen LogP contribution is 2.53. The van der Waals surface area contributed by atoms with E-state index >= 15 is 0 Å². The molecule has 0 radical (unpaired) electrons. The van der Waals surface area contributed by atoms with Crippen molar-refractivity contribution in [2.24, 2.45) is 0 Å². The monoisotopic (exact) mass is 229 g/mol. The Bertz CT molecular complexity index is 537. The van der Waals surface area contributed by atoms with Crippen molar-refractivity contribution in [3.63, 3.8) is 0 Å². The van der Waals surface area contributed by atoms with Gasteiger partial charge in [-0.1, -0.05) is 11.6 Å². The third-order valence-electron chi connectivity index (χ3n) is 2.59. The lowest BCUT2D eigenvalue weighted by molar-refractivity contribution is 0.101. The van der Waals surface area contributed by atoms with Crippen LogP contribution < -0.4 is 0 Å². The molecule has 2 aromatic rings. The highest BCUT2D eigenvalue weighted by molar-refractivity contribution is 6.33. The summed E-state index contributed by atoms with van der Waals surface area (Å²) in [4.78, 5) is 7.75. The van der Waals surface area contributed by atoms with Gasteiger partial charge in [-0.2, -0.15) is 0 Å². The molecule has 0 amide bonds. The van der Waals surface area contributed by atoms with E-state index in [1.165, 1.54) is 10.9 Å². The van der Waals surface area contributed by atoms with E-state index in [0.29, 0.717) is 16.2 Å². The van der Waals surface area contributed by atoms with Crippen LogP contribution in [-0.4, -0.2) is 20.5 Å². The average Bonchev–Trinajstić information content (AvgIpc) is 2.62. The van der Waals surface area contributed by atoms with Crippen molar-refractivity contribution in [3.05, 3.63) is 23.7 Å². The molecule has 3 nitrogen and oxygen atoms in total. The average molecular weight is 230 g/mol. The first-order chi connectivity index (χ1) is 7.09. The molecule has 0 aromatic carbocycles. The Morgan fingerprint density at radius 3 is 2.87 bits per heavy atom. The summed E-state index contributed by atoms with van der Waals surface area (Å²) >= 11 is 5.81. The number of hydrogen-bond donors (Lipinski definition) is 0. The van der Waals surface area contributed by atoms with Crippen LogP contribution in [0.25, 0.3) is 11.0 Å². The van der Waals surface area contributed by atoms with Gasteiger partial charge in [-0.3, -0.25) is 0 Å². The number of nitrogens with zero attached hydrogens (tertiary/aromatic N) is 3. The maximum atomic E-state index is 12.9. The van der Waals surface area contributed by atoms with E-state index in [0.717, 1.165) is 0 Å². The highest BCUT2D eigenvalue weighted by Gasteiger charge is 2.58. The first-order valence-corrected chi connectivity index (χ1v) is 4.82. The van der Waals surface area contributed by atoms with Crippen molar-refractivity contribution in [1.82, 2.24) is 14.5 Å². The first-order valence-electron chi connectivity index (χ1n) is 4.44. The summed E-state index contributed by atoms with van der Waals surface area (Å²) in [5.74, 6) is -2.61. The standard InChI is InChI=1S/C9H6ClF2N3/c10-7-5-1-2-15(6-3-9(6,11)12)8(5)14-4-13-7/h1-2,4,6H,3H2. The second-order valence-electron chi connectivity index (χ2n) is 3.61. The normalized spacial score (nSPS) is 23.3. The second kappa shape index (κ2) is 2.66. The van der Waals surface area contributed by atoms with Gasteiger partial charge in [0.1, 0.15) is 23.2 Å². The Hall–Kier alpha value is -1.23. The van der Waals surface area contributed by atoms with Crippen LogP contribution in [0, 0.1) is 0 Å². The third-order valence-corrected chi connectivity index (χ3v) is 2.89. The predicted molar refractivity (Wildman–Crippen MR) is 51.1 cm³/mol. The Morgan fingerprint density at radius 1 is 1.47 bits per heavy atom. The molecule has 1 aliphatic carbocycles. The molecule has 6 heteroatoms. The van der Waals surface area contributed by atoms with E-state index in [-0.39, 0.29) is 6.42 Å². The van der Waals surface area contributed by atoms with Crippen LogP contribution in [0.4, 0.5) is 8.78 Å². The summed E-state index contributed by atoms with van der Waals surface area (Å²) in [7, 11) is 0. The van der Waals surface area contributed by atoms with Crippen LogP contribution in [0.5, 0.6) is 0 Å². The molecule has 1 atom stereocenters. The maximum Gasteiger partial charge on any atom is 0.270 e. The lowest BCUT2D eigenvalue weighted by Gasteiger charge is -2.02. The summed E-state index contributed by atoms with van der Waals surface area (Å²) in [5.41, 5.74) is 0.470. The molecule has 0 saturated heterocycles. The number of rotatable bonds is 1. The Morgan fingerprint density at radius 2 is 2.20 bits per heavy atom. The van der Waals surface area contributed by atoms with Crippen LogP contribution in [0.15, 0.2) is 18.6 Å². The van der Waals surface area contributed by atoms with E-state index in [2.05, 4.69) is 9.97 Å². The van der Waals surface area contributed by atoms with Gasteiger partial charge in [0.25, 0.3) is 5.92 Å². The SMILES string of the molecule is FC1(F)CC1n1ccc2c(Cl)ncnc21. The molecule has 1 fully saturated rings. The molecule has 2 aromatic heterocycles. The minimum Gasteiger partial charge on any atom is -0.323 e. The van der Waals surface area contributed by atoms with Crippen LogP contribution in [0.1, 0.15) is 12.5 Å². The molecule has 0 N–H and O–H groups in total. The second-order valence-corrected chi connectivity index (χ2v) is 3.96. The van der Waals surface area contributed by atoms with Crippen LogP contribution in [-0.2, 0) is 0 Å². The minimum absolute atomic E-state index is 0.127. The van der Waals surface area contributed by atoms with Gasteiger partial charge in [0, 0.05) is 12.6 Å². The largest absolute Gasteiger partial charge is 0.323 e. The molecule has 0 aliphatic heterocycles. The van der Waals surface area contributed by atoms with Gasteiger partial charge in [-0.05, 0) is 6.07 Å². The molecule has 0 bridgehead atoms. The van der Waals surface area contributed by atoms with Crippen molar-refractivity contribution in [3.8, 4) is 0 Å². The maximum absolute atomic E-state index is 12.9. The quantitative estimate of drug-likeness (QED) is 0.704. The lowest BCUT2D eigenvalue weighted by Crippen LogP contribution is -2.01. The van der Waals surface area contributed by atoms with Crippen molar-refractivity contribution in [2.75, 3.05) is 0 Å². The van der Waals surface area contributed by atoms with E-state index in [4.69, 9.17) is 11.6 Å². The van der Waals surface area contributed by atoms with Crippen molar-refractivity contribution >= 4 is 22.6 Å². The van der Waals surface area contributed by atoms with Gasteiger partial charge in [0.15, 0.2) is 0 Å². The van der Waals surface area contributed by atoms with E-state index in [9.17, 15) is 8.78 Å². The van der Waals surface area contributed by atoms with Gasteiger partial charge in [0.2, 0.25) is 0 Å². The topological polar surface area (TPSA) is 30.7 Å². The fourth-order valence-electron chi connectivity index (χ4n) is 1.69. The summed E-state index contributed by atoms with van der Waals surface area (Å²) in [6, 6.07) is 0.882. The third kappa shape index (κ3) is 1.23. The molecule has 3 rings (SSSR count). The fraction of sp³-hybridized carbons (Fsp3) is 0.333. The highest BCUT2D eigenvalue weighted by atomic mass is 35.5. The summed E-state index contributed by atoms with van der Waals surface area (Å²) in [6.07, 6.45) is 2.73. The van der Waals surface area contributed by atoms with Gasteiger partial charge in [0.05, 0.1) is 5.39 Å². The summed E-state index contributed by atoms with van der Waals surface area (Å²) in [6.45, 7) is 0. The zero-order valence-corrected chi connectivity index (χ0v) is 8.25. The first kappa shape index (κ1) is 9.03. The molecular weight excluding hydrogens is 224 g/mol. The van der Waals surface area contributed by atoms with Gasteiger partial charge in [-0.15, -0.1) is 0 Å². The van der Waals surface area contributed by atoms with E-state index in [1.54, 1.807) is 12.3 Å².